The minimum absolute atomic E-state index is 0.161. The van der Waals surface area contributed by atoms with Crippen LogP contribution in [0.5, 0.6) is 11.5 Å². The van der Waals surface area contributed by atoms with Gasteiger partial charge < -0.3 is 9.47 Å². The zero-order valence-electron chi connectivity index (χ0n) is 14.8. The Bertz CT molecular complexity index is 973. The molecule has 1 N–H and O–H groups in total. The van der Waals surface area contributed by atoms with Gasteiger partial charge in [-0.2, -0.15) is 5.10 Å². The van der Waals surface area contributed by atoms with Gasteiger partial charge in [0.25, 0.3) is 5.91 Å². The van der Waals surface area contributed by atoms with Crippen LogP contribution in [-0.4, -0.2) is 25.3 Å². The van der Waals surface area contributed by atoms with Crippen molar-refractivity contribution in [3.63, 3.8) is 0 Å². The Morgan fingerprint density at radius 1 is 1.11 bits per heavy atom. The zero-order chi connectivity index (χ0) is 19.1. The van der Waals surface area contributed by atoms with Crippen LogP contribution in [-0.2, 0) is 4.79 Å². The van der Waals surface area contributed by atoms with Crippen molar-refractivity contribution in [2.45, 2.75) is 6.92 Å². The number of hydrazone groups is 1. The molecule has 0 unspecified atom stereocenters. The number of nitrogens with one attached hydrogen (secondary N) is 1. The van der Waals surface area contributed by atoms with Gasteiger partial charge in [0.05, 0.1) is 12.8 Å². The third kappa shape index (κ3) is 4.99. The van der Waals surface area contributed by atoms with E-state index < -0.39 is 0 Å². The van der Waals surface area contributed by atoms with Gasteiger partial charge in [0.15, 0.2) is 6.61 Å². The predicted octanol–water partition coefficient (Wildman–Crippen LogP) is 4.42. The van der Waals surface area contributed by atoms with E-state index >= 15 is 0 Å². The first-order valence-electron chi connectivity index (χ1n) is 8.52. The molecule has 0 atom stereocenters. The third-order valence-corrected chi connectivity index (χ3v) is 4.01. The van der Waals surface area contributed by atoms with Crippen molar-refractivity contribution in [1.29, 1.82) is 0 Å². The first-order valence-corrected chi connectivity index (χ1v) is 8.90. The average Bonchev–Trinajstić information content (AvgIpc) is 2.68. The summed E-state index contributed by atoms with van der Waals surface area (Å²) < 4.78 is 11.1. The number of nitrogens with zero attached hydrogens (tertiary/aromatic N) is 1. The van der Waals surface area contributed by atoms with E-state index in [1.54, 1.807) is 30.5 Å². The van der Waals surface area contributed by atoms with E-state index in [0.717, 1.165) is 16.3 Å². The highest BCUT2D eigenvalue weighted by molar-refractivity contribution is 6.30. The van der Waals surface area contributed by atoms with Crippen LogP contribution in [0.2, 0.25) is 5.02 Å². The van der Waals surface area contributed by atoms with Crippen LogP contribution in [0.4, 0.5) is 0 Å². The molecule has 0 aliphatic carbocycles. The predicted molar refractivity (Wildman–Crippen MR) is 108 cm³/mol. The fourth-order valence-corrected chi connectivity index (χ4v) is 2.78. The van der Waals surface area contributed by atoms with Crippen LogP contribution < -0.4 is 14.9 Å². The van der Waals surface area contributed by atoms with Gasteiger partial charge in [0.2, 0.25) is 0 Å². The molecule has 0 aliphatic rings. The molecule has 0 saturated carbocycles. The van der Waals surface area contributed by atoms with Gasteiger partial charge in [-0.25, -0.2) is 5.43 Å². The maximum atomic E-state index is 12.0. The SMILES string of the molecule is CCOc1ccc2ccccc2c1/C=N\NC(=O)COc1cccc(Cl)c1. The Morgan fingerprint density at radius 2 is 1.96 bits per heavy atom. The molecule has 0 fully saturated rings. The summed E-state index contributed by atoms with van der Waals surface area (Å²) in [4.78, 5) is 12.0. The second-order valence-electron chi connectivity index (χ2n) is 5.67. The molecule has 0 bridgehead atoms. The highest BCUT2D eigenvalue weighted by Crippen LogP contribution is 2.26. The van der Waals surface area contributed by atoms with Crippen LogP contribution in [0.25, 0.3) is 10.8 Å². The molecule has 6 heteroatoms. The quantitative estimate of drug-likeness (QED) is 0.486. The smallest absolute Gasteiger partial charge is 0.277 e. The lowest BCUT2D eigenvalue weighted by Crippen LogP contribution is -2.24. The number of carbonyl (C=O) groups excluding carboxylic acids is 1. The van der Waals surface area contributed by atoms with Crippen LogP contribution in [0.3, 0.4) is 0 Å². The second kappa shape index (κ2) is 9.05. The highest BCUT2D eigenvalue weighted by Gasteiger charge is 2.07. The van der Waals surface area contributed by atoms with Gasteiger partial charge in [-0.1, -0.05) is 48.0 Å². The number of rotatable bonds is 7. The molecule has 27 heavy (non-hydrogen) atoms. The maximum absolute atomic E-state index is 12.0. The highest BCUT2D eigenvalue weighted by atomic mass is 35.5. The van der Waals surface area contributed by atoms with Gasteiger partial charge >= 0.3 is 0 Å². The lowest BCUT2D eigenvalue weighted by Gasteiger charge is -2.10. The molecular weight excluding hydrogens is 364 g/mol. The summed E-state index contributed by atoms with van der Waals surface area (Å²) in [5, 5.41) is 6.66. The molecule has 5 nitrogen and oxygen atoms in total. The van der Waals surface area contributed by atoms with Gasteiger partial charge in [-0.05, 0) is 42.0 Å². The maximum Gasteiger partial charge on any atom is 0.277 e. The Hall–Kier alpha value is -3.05. The first kappa shape index (κ1) is 18.7. The van der Waals surface area contributed by atoms with Crippen molar-refractivity contribution in [1.82, 2.24) is 5.43 Å². The summed E-state index contributed by atoms with van der Waals surface area (Å²) in [6.45, 7) is 2.30. The Kier molecular flexibility index (Phi) is 6.28. The molecule has 0 heterocycles. The Balaban J connectivity index is 1.68. The number of fused-ring (bicyclic) bond motifs is 1. The van der Waals surface area contributed by atoms with Gasteiger partial charge in [0, 0.05) is 10.6 Å². The molecule has 1 amide bonds. The molecule has 0 saturated heterocycles. The van der Waals surface area contributed by atoms with Crippen molar-refractivity contribution < 1.29 is 14.3 Å². The van der Waals surface area contributed by atoms with Crippen molar-refractivity contribution in [2.24, 2.45) is 5.10 Å². The lowest BCUT2D eigenvalue weighted by molar-refractivity contribution is -0.123. The standard InChI is InChI=1S/C21H19ClN2O3/c1-2-26-20-11-10-15-6-3-4-9-18(15)19(20)13-23-24-21(25)14-27-17-8-5-7-16(22)12-17/h3-13H,2,14H2,1H3,(H,24,25)/b23-13-. The van der Waals surface area contributed by atoms with E-state index in [4.69, 9.17) is 21.1 Å². The molecule has 138 valence electrons. The van der Waals surface area contributed by atoms with Crippen molar-refractivity contribution in [3.05, 3.63) is 71.2 Å². The summed E-state index contributed by atoms with van der Waals surface area (Å²) >= 11 is 5.88. The van der Waals surface area contributed by atoms with Gasteiger partial charge in [-0.3, -0.25) is 4.79 Å². The molecule has 0 spiro atoms. The van der Waals surface area contributed by atoms with Gasteiger partial charge in [-0.15, -0.1) is 0 Å². The number of hydrogen-bond acceptors (Lipinski definition) is 4. The van der Waals surface area contributed by atoms with Crippen molar-refractivity contribution >= 4 is 34.5 Å². The summed E-state index contributed by atoms with van der Waals surface area (Å²) in [7, 11) is 0. The van der Waals surface area contributed by atoms with E-state index in [9.17, 15) is 4.79 Å². The van der Waals surface area contributed by atoms with Gasteiger partial charge in [0.1, 0.15) is 11.5 Å². The van der Waals surface area contributed by atoms with Crippen molar-refractivity contribution in [3.8, 4) is 11.5 Å². The van der Waals surface area contributed by atoms with Crippen LogP contribution in [0, 0.1) is 0 Å². The number of benzene rings is 3. The first-order chi connectivity index (χ1) is 13.2. The molecule has 0 radical (unpaired) electrons. The average molecular weight is 383 g/mol. The summed E-state index contributed by atoms with van der Waals surface area (Å²) in [5.41, 5.74) is 3.28. The van der Waals surface area contributed by atoms with Crippen molar-refractivity contribution in [2.75, 3.05) is 13.2 Å². The van der Waals surface area contributed by atoms with Crippen LogP contribution >= 0.6 is 11.6 Å². The minimum atomic E-state index is -0.371. The summed E-state index contributed by atoms with van der Waals surface area (Å²) in [5.74, 6) is 0.864. The molecule has 3 aromatic carbocycles. The molecule has 0 aliphatic heterocycles. The molecular formula is C21H19ClN2O3. The minimum Gasteiger partial charge on any atom is -0.493 e. The summed E-state index contributed by atoms with van der Waals surface area (Å²) in [6, 6.07) is 18.7. The van der Waals surface area contributed by atoms with E-state index in [1.165, 1.54) is 0 Å². The number of ether oxygens (including phenoxy) is 2. The molecule has 3 aromatic rings. The fourth-order valence-electron chi connectivity index (χ4n) is 2.60. The number of amides is 1. The topological polar surface area (TPSA) is 59.9 Å². The Labute approximate surface area is 162 Å². The van der Waals surface area contributed by atoms with Crippen LogP contribution in [0.1, 0.15) is 12.5 Å². The normalized spacial score (nSPS) is 10.9. The zero-order valence-corrected chi connectivity index (χ0v) is 15.6. The van der Waals surface area contributed by atoms with E-state index in [-0.39, 0.29) is 12.5 Å². The number of halogens is 1. The largest absolute Gasteiger partial charge is 0.493 e. The molecule has 3 rings (SSSR count). The fraction of sp³-hybridized carbons (Fsp3) is 0.143. The number of hydrogen-bond donors (Lipinski definition) is 1. The summed E-state index contributed by atoms with van der Waals surface area (Å²) in [6.07, 6.45) is 1.59. The van der Waals surface area contributed by atoms with E-state index in [0.29, 0.717) is 23.1 Å². The Morgan fingerprint density at radius 3 is 2.78 bits per heavy atom. The monoisotopic (exact) mass is 382 g/mol. The lowest BCUT2D eigenvalue weighted by atomic mass is 10.0. The second-order valence-corrected chi connectivity index (χ2v) is 6.11. The molecule has 0 aromatic heterocycles. The van der Waals surface area contributed by atoms with E-state index in [2.05, 4.69) is 10.5 Å². The van der Waals surface area contributed by atoms with E-state index in [1.807, 2.05) is 43.3 Å². The number of carbonyl (C=O) groups is 1. The van der Waals surface area contributed by atoms with Crippen LogP contribution in [0.15, 0.2) is 65.8 Å². The third-order valence-electron chi connectivity index (χ3n) is 3.78.